The minimum Gasteiger partial charge on any atom is -0.354 e. The van der Waals surface area contributed by atoms with Gasteiger partial charge in [-0.15, -0.1) is 0 Å². The van der Waals surface area contributed by atoms with Crippen molar-refractivity contribution in [2.45, 2.75) is 81.1 Å². The van der Waals surface area contributed by atoms with Gasteiger partial charge in [0.05, 0.1) is 22.5 Å². The van der Waals surface area contributed by atoms with E-state index in [1.54, 1.807) is 72.8 Å². The van der Waals surface area contributed by atoms with E-state index in [2.05, 4.69) is 107 Å². The van der Waals surface area contributed by atoms with Crippen LogP contribution in [0.2, 0.25) is 0 Å². The molecule has 0 saturated heterocycles. The fourth-order valence-corrected chi connectivity index (χ4v) is 10.7. The van der Waals surface area contributed by atoms with Crippen LogP contribution in [0.15, 0.2) is 72.8 Å². The number of carbonyl (C=O) groups is 4. The van der Waals surface area contributed by atoms with E-state index in [9.17, 15) is 0 Å². The number of benzene rings is 4. The maximum atomic E-state index is 15.2. The summed E-state index contributed by atoms with van der Waals surface area (Å²) in [6, 6.07) is 20.3. The third-order valence-electron chi connectivity index (χ3n) is 15.5. The predicted octanol–water partition coefficient (Wildman–Crippen LogP) is 9.34. The summed E-state index contributed by atoms with van der Waals surface area (Å²) in [4.78, 5) is 98.5. The Morgan fingerprint density at radius 3 is 0.805 bits per heavy atom. The number of hydrogen-bond donors (Lipinski definition) is 6. The van der Waals surface area contributed by atoms with Crippen molar-refractivity contribution in [3.05, 3.63) is 117 Å². The molecular formula is C62H82N16O4. The molecule has 0 unspecified atom stereocenters. The van der Waals surface area contributed by atoms with E-state index < -0.39 is 23.1 Å². The van der Waals surface area contributed by atoms with Gasteiger partial charge in [-0.2, -0.15) is 29.9 Å². The highest BCUT2D eigenvalue weighted by atomic mass is 16.1. The molecule has 434 valence electrons. The lowest BCUT2D eigenvalue weighted by atomic mass is 9.75. The first-order valence-corrected chi connectivity index (χ1v) is 29.6. The molecule has 2 heterocycles. The third kappa shape index (κ3) is 14.3. The van der Waals surface area contributed by atoms with E-state index in [0.29, 0.717) is 61.1 Å². The molecular weight excluding hydrogens is 1030 g/mol. The Bertz CT molecular complexity index is 2900. The van der Waals surface area contributed by atoms with Crippen LogP contribution < -0.4 is 31.9 Å². The molecule has 2 aliphatic carbocycles. The smallest absolute Gasteiger partial charge is 0.233 e. The number of rotatable bonds is 33. The molecule has 0 fully saturated rings. The molecule has 0 bridgehead atoms. The quantitative estimate of drug-likeness (QED) is 0.0210. The lowest BCUT2D eigenvalue weighted by Crippen LogP contribution is -2.26. The highest BCUT2D eigenvalue weighted by molar-refractivity contribution is 6.35. The number of carbonyl (C=O) groups excluding carboxylic acids is 4. The van der Waals surface area contributed by atoms with E-state index in [1.807, 2.05) is 0 Å². The van der Waals surface area contributed by atoms with E-state index in [0.717, 1.165) is 104 Å². The zero-order chi connectivity index (χ0) is 58.1. The molecule has 0 aliphatic heterocycles. The second-order valence-electron chi connectivity index (χ2n) is 20.3. The van der Waals surface area contributed by atoms with Gasteiger partial charge in [-0.1, -0.05) is 116 Å². The van der Waals surface area contributed by atoms with Crippen LogP contribution in [0.4, 0.5) is 47.1 Å². The second kappa shape index (κ2) is 29.3. The molecule has 82 heavy (non-hydrogen) atoms. The van der Waals surface area contributed by atoms with Crippen molar-refractivity contribution in [1.82, 2.24) is 49.5 Å². The average Bonchev–Trinajstić information content (AvgIpc) is 3.65. The van der Waals surface area contributed by atoms with Gasteiger partial charge in [-0.3, -0.25) is 19.2 Å². The maximum absolute atomic E-state index is 15.2. The zero-order valence-corrected chi connectivity index (χ0v) is 49.2. The minimum atomic E-state index is -0.420. The first kappa shape index (κ1) is 60.3. The zero-order valence-electron chi connectivity index (χ0n) is 49.2. The van der Waals surface area contributed by atoms with Gasteiger partial charge in [0.25, 0.3) is 0 Å². The molecule has 0 amide bonds. The summed E-state index contributed by atoms with van der Waals surface area (Å²) in [5.74, 6) is 0.0430. The van der Waals surface area contributed by atoms with E-state index in [1.165, 1.54) is 0 Å². The Labute approximate surface area is 483 Å². The Balaban J connectivity index is 1.20. The number of hydrogen-bond acceptors (Lipinski definition) is 20. The van der Waals surface area contributed by atoms with Crippen LogP contribution in [0.3, 0.4) is 0 Å². The molecule has 0 saturated carbocycles. The fourth-order valence-electron chi connectivity index (χ4n) is 10.7. The summed E-state index contributed by atoms with van der Waals surface area (Å²) in [5.41, 5.74) is 2.35. The van der Waals surface area contributed by atoms with E-state index in [-0.39, 0.29) is 67.8 Å². The van der Waals surface area contributed by atoms with Crippen molar-refractivity contribution in [2.75, 3.05) is 137 Å². The molecule has 2 aromatic heterocycles. The molecule has 2 aliphatic rings. The van der Waals surface area contributed by atoms with Crippen LogP contribution in [0.25, 0.3) is 11.1 Å². The summed E-state index contributed by atoms with van der Waals surface area (Å²) in [7, 11) is 0. The lowest BCUT2D eigenvalue weighted by molar-refractivity contribution is 0.0978. The van der Waals surface area contributed by atoms with Crippen molar-refractivity contribution < 1.29 is 19.2 Å². The van der Waals surface area contributed by atoms with Gasteiger partial charge < -0.3 is 51.5 Å². The lowest BCUT2D eigenvalue weighted by Gasteiger charge is -2.27. The van der Waals surface area contributed by atoms with Crippen molar-refractivity contribution in [3.63, 3.8) is 0 Å². The van der Waals surface area contributed by atoms with Gasteiger partial charge in [0.15, 0.2) is 23.1 Å². The number of fused-ring (bicyclic) bond motifs is 4. The minimum absolute atomic E-state index is 0.0696. The summed E-state index contributed by atoms with van der Waals surface area (Å²) in [6.45, 7) is 30.9. The highest BCUT2D eigenvalue weighted by Crippen LogP contribution is 2.44. The number of anilines is 8. The van der Waals surface area contributed by atoms with Gasteiger partial charge in [-0.25, -0.2) is 0 Å². The Morgan fingerprint density at radius 1 is 0.305 bits per heavy atom. The van der Waals surface area contributed by atoms with Crippen LogP contribution >= 0.6 is 0 Å². The summed E-state index contributed by atoms with van der Waals surface area (Å²) < 4.78 is 0. The van der Waals surface area contributed by atoms with E-state index in [4.69, 9.17) is 29.9 Å². The van der Waals surface area contributed by atoms with Crippen LogP contribution in [0.5, 0.6) is 0 Å². The van der Waals surface area contributed by atoms with Gasteiger partial charge in [0, 0.05) is 59.6 Å². The summed E-state index contributed by atoms with van der Waals surface area (Å²) in [5, 5.41) is 20.2. The van der Waals surface area contributed by atoms with Crippen molar-refractivity contribution >= 4 is 70.2 Å². The first-order valence-electron chi connectivity index (χ1n) is 29.6. The molecule has 20 nitrogen and oxygen atoms in total. The van der Waals surface area contributed by atoms with Gasteiger partial charge in [0.1, 0.15) is 0 Å². The maximum Gasteiger partial charge on any atom is 0.233 e. The molecule has 0 atom stereocenters. The standard InChI is InChI=1S/C62H82N16O4/c1-9-75(10-2)37-21-33-63-57-69-58(64-34-22-38-76(11-3)12-4)72-61(71-57)67-47-31-29-41(49-51(47)55(81)45-27-19-17-25-43(45)53(49)79)42-30-32-48(52-50(42)54(80)44-26-18-20-28-46(44)56(52)82)68-62-73-59(65-35-23-39-77(13-5)14-6)70-60(74-62)66-36-24-40-78(15-7)16-8/h17-20,25-32H,9-16,21-24,33-40H2,1-8H3,(H3,63,64,67,69,71,72)(H3,65,66,68,70,73,74). The van der Waals surface area contributed by atoms with Gasteiger partial charge >= 0.3 is 0 Å². The molecule has 4 aromatic carbocycles. The molecule has 6 N–H and O–H groups in total. The Morgan fingerprint density at radius 2 is 0.549 bits per heavy atom. The number of aromatic nitrogens is 6. The number of ketones is 4. The third-order valence-corrected chi connectivity index (χ3v) is 15.5. The summed E-state index contributed by atoms with van der Waals surface area (Å²) >= 11 is 0. The van der Waals surface area contributed by atoms with Crippen LogP contribution in [-0.4, -0.2) is 177 Å². The molecule has 8 rings (SSSR count). The number of nitrogens with zero attached hydrogens (tertiary/aromatic N) is 10. The van der Waals surface area contributed by atoms with Crippen molar-refractivity contribution in [1.29, 1.82) is 0 Å². The van der Waals surface area contributed by atoms with Crippen molar-refractivity contribution in [3.8, 4) is 11.1 Å². The Hall–Kier alpha value is -7.78. The Kier molecular flexibility index (Phi) is 21.5. The SMILES string of the molecule is CCN(CC)CCCNc1nc(NCCCN(CC)CC)nc(Nc2ccc(-c3ccc(Nc4nc(NCCCN(CC)CC)nc(NCCCN(CC)CC)n4)c4c3C(=O)c3ccccc3C4=O)c3c2C(=O)c2ccccc2C3=O)n1. The first-order chi connectivity index (χ1) is 40.0. The van der Waals surface area contributed by atoms with E-state index >= 15 is 19.2 Å². The topological polar surface area (TPSA) is 231 Å². The fraction of sp³-hybridized carbons (Fsp3) is 0.452. The van der Waals surface area contributed by atoms with Crippen molar-refractivity contribution in [2.24, 2.45) is 0 Å². The molecule has 0 radical (unpaired) electrons. The van der Waals surface area contributed by atoms with Crippen LogP contribution in [0, 0.1) is 0 Å². The average molecular weight is 1120 g/mol. The largest absolute Gasteiger partial charge is 0.354 e. The normalized spacial score (nSPS) is 12.7. The molecule has 0 spiro atoms. The van der Waals surface area contributed by atoms with Crippen LogP contribution in [-0.2, 0) is 0 Å². The second-order valence-corrected chi connectivity index (χ2v) is 20.3. The molecule has 20 heteroatoms. The highest BCUT2D eigenvalue weighted by Gasteiger charge is 2.39. The summed E-state index contributed by atoms with van der Waals surface area (Å²) in [6.07, 6.45) is 3.44. The predicted molar refractivity (Wildman–Crippen MR) is 328 cm³/mol. The molecule has 6 aromatic rings. The number of nitrogens with one attached hydrogen (secondary N) is 6. The monoisotopic (exact) mass is 1110 g/mol. The van der Waals surface area contributed by atoms with Gasteiger partial charge in [-0.05, 0) is 127 Å². The van der Waals surface area contributed by atoms with Gasteiger partial charge in [0.2, 0.25) is 35.7 Å². The van der Waals surface area contributed by atoms with Crippen LogP contribution in [0.1, 0.15) is 145 Å².